The normalized spacial score (nSPS) is 23.1. The summed E-state index contributed by atoms with van der Waals surface area (Å²) in [5.41, 5.74) is 1.24. The zero-order chi connectivity index (χ0) is 13.7. The van der Waals surface area contributed by atoms with Crippen LogP contribution in [0.25, 0.3) is 0 Å². The topological polar surface area (TPSA) is 30.5 Å². The van der Waals surface area contributed by atoms with Crippen LogP contribution in [0, 0.1) is 0 Å². The Balaban J connectivity index is 1.97. The van der Waals surface area contributed by atoms with Crippen LogP contribution < -0.4 is 14.8 Å². The number of rotatable bonds is 5. The molecule has 2 unspecified atom stereocenters. The Morgan fingerprint density at radius 1 is 1.21 bits per heavy atom. The lowest BCUT2D eigenvalue weighted by molar-refractivity contribution is 0.320. The highest BCUT2D eigenvalue weighted by Gasteiger charge is 2.18. The molecule has 1 aromatic rings. The van der Waals surface area contributed by atoms with Crippen molar-refractivity contribution in [3.8, 4) is 11.5 Å². The van der Waals surface area contributed by atoms with Gasteiger partial charge >= 0.3 is 0 Å². The second kappa shape index (κ2) is 6.80. The van der Waals surface area contributed by atoms with Crippen molar-refractivity contribution < 1.29 is 9.47 Å². The van der Waals surface area contributed by atoms with Gasteiger partial charge in [-0.25, -0.2) is 0 Å². The van der Waals surface area contributed by atoms with Crippen molar-refractivity contribution in [3.05, 3.63) is 23.8 Å². The number of aryl methyl sites for hydroxylation is 1. The van der Waals surface area contributed by atoms with Gasteiger partial charge in [-0.15, -0.1) is 0 Å². The molecule has 1 saturated heterocycles. The third-order valence-electron chi connectivity index (χ3n) is 3.96. The summed E-state index contributed by atoms with van der Waals surface area (Å²) in [6.07, 6.45) is 6.13. The number of piperidine rings is 1. The number of hydrogen-bond donors (Lipinski definition) is 1. The van der Waals surface area contributed by atoms with Gasteiger partial charge in [0.2, 0.25) is 0 Å². The molecule has 2 rings (SSSR count). The molecular formula is C16H25NO2. The molecule has 1 fully saturated rings. The van der Waals surface area contributed by atoms with Crippen molar-refractivity contribution in [2.45, 2.75) is 51.1 Å². The molecular weight excluding hydrogens is 238 g/mol. The van der Waals surface area contributed by atoms with E-state index in [1.807, 2.05) is 12.1 Å². The lowest BCUT2D eigenvalue weighted by atomic mass is 9.94. The SMILES string of the molecule is COc1ccc(OC)c(CCC2CCCC(C)N2)c1. The second-order valence-corrected chi connectivity index (χ2v) is 5.41. The smallest absolute Gasteiger partial charge is 0.122 e. The summed E-state index contributed by atoms with van der Waals surface area (Å²) in [5.74, 6) is 1.87. The predicted octanol–water partition coefficient (Wildman–Crippen LogP) is 3.17. The first-order valence-electron chi connectivity index (χ1n) is 7.20. The van der Waals surface area contributed by atoms with Crippen molar-refractivity contribution >= 4 is 0 Å². The van der Waals surface area contributed by atoms with Gasteiger partial charge in [0.05, 0.1) is 14.2 Å². The zero-order valence-corrected chi connectivity index (χ0v) is 12.2. The highest BCUT2D eigenvalue weighted by molar-refractivity contribution is 5.40. The van der Waals surface area contributed by atoms with Gasteiger partial charge in [0.1, 0.15) is 11.5 Å². The average Bonchev–Trinajstić information content (AvgIpc) is 2.45. The molecule has 3 nitrogen and oxygen atoms in total. The molecule has 1 heterocycles. The van der Waals surface area contributed by atoms with Crippen LogP contribution in [0.5, 0.6) is 11.5 Å². The Kier molecular flexibility index (Phi) is 5.08. The van der Waals surface area contributed by atoms with E-state index in [0.29, 0.717) is 12.1 Å². The minimum Gasteiger partial charge on any atom is -0.497 e. The van der Waals surface area contributed by atoms with Gasteiger partial charge < -0.3 is 14.8 Å². The molecule has 1 aliphatic heterocycles. The van der Waals surface area contributed by atoms with E-state index in [1.165, 1.54) is 24.8 Å². The molecule has 1 N–H and O–H groups in total. The molecule has 0 radical (unpaired) electrons. The minimum absolute atomic E-state index is 0.639. The first-order chi connectivity index (χ1) is 9.22. The summed E-state index contributed by atoms with van der Waals surface area (Å²) in [4.78, 5) is 0. The molecule has 3 heteroatoms. The van der Waals surface area contributed by atoms with E-state index in [-0.39, 0.29) is 0 Å². The van der Waals surface area contributed by atoms with Crippen LogP contribution in [-0.4, -0.2) is 26.3 Å². The largest absolute Gasteiger partial charge is 0.497 e. The summed E-state index contributed by atoms with van der Waals surface area (Å²) in [5, 5.41) is 3.68. The van der Waals surface area contributed by atoms with E-state index in [4.69, 9.17) is 9.47 Å². The first-order valence-corrected chi connectivity index (χ1v) is 7.20. The minimum atomic E-state index is 0.639. The van der Waals surface area contributed by atoms with Gasteiger partial charge in [-0.3, -0.25) is 0 Å². The van der Waals surface area contributed by atoms with Crippen molar-refractivity contribution in [1.29, 1.82) is 0 Å². The fourth-order valence-corrected chi connectivity index (χ4v) is 2.87. The second-order valence-electron chi connectivity index (χ2n) is 5.41. The van der Waals surface area contributed by atoms with Crippen LogP contribution in [0.1, 0.15) is 38.2 Å². The summed E-state index contributed by atoms with van der Waals surface area (Å²) in [6, 6.07) is 7.32. The van der Waals surface area contributed by atoms with Crippen LogP contribution in [0.3, 0.4) is 0 Å². The number of nitrogens with one attached hydrogen (secondary N) is 1. The Hall–Kier alpha value is -1.22. The van der Waals surface area contributed by atoms with Crippen LogP contribution in [-0.2, 0) is 6.42 Å². The van der Waals surface area contributed by atoms with Crippen molar-refractivity contribution in [3.63, 3.8) is 0 Å². The third kappa shape index (κ3) is 3.87. The highest BCUT2D eigenvalue weighted by Crippen LogP contribution is 2.26. The fourth-order valence-electron chi connectivity index (χ4n) is 2.87. The maximum Gasteiger partial charge on any atom is 0.122 e. The Morgan fingerprint density at radius 2 is 2.05 bits per heavy atom. The first kappa shape index (κ1) is 14.2. The van der Waals surface area contributed by atoms with E-state index < -0.39 is 0 Å². The van der Waals surface area contributed by atoms with Crippen LogP contribution in [0.4, 0.5) is 0 Å². The standard InChI is InChI=1S/C16H25NO2/c1-12-5-4-6-14(17-12)8-7-13-11-15(18-2)9-10-16(13)19-3/h9-12,14,17H,4-8H2,1-3H3. The van der Waals surface area contributed by atoms with E-state index in [2.05, 4.69) is 18.3 Å². The van der Waals surface area contributed by atoms with Gasteiger partial charge in [-0.05, 0) is 56.4 Å². The number of methoxy groups -OCH3 is 2. The number of ether oxygens (including phenoxy) is 2. The predicted molar refractivity (Wildman–Crippen MR) is 78.1 cm³/mol. The van der Waals surface area contributed by atoms with Gasteiger partial charge in [-0.2, -0.15) is 0 Å². The molecule has 0 aromatic heterocycles. The molecule has 2 atom stereocenters. The summed E-state index contributed by atoms with van der Waals surface area (Å²) < 4.78 is 10.7. The average molecular weight is 263 g/mol. The van der Waals surface area contributed by atoms with E-state index in [1.54, 1.807) is 14.2 Å². The fraction of sp³-hybridized carbons (Fsp3) is 0.625. The van der Waals surface area contributed by atoms with Crippen molar-refractivity contribution in [2.24, 2.45) is 0 Å². The molecule has 1 aliphatic rings. The molecule has 1 aromatic carbocycles. The Morgan fingerprint density at radius 3 is 2.74 bits per heavy atom. The summed E-state index contributed by atoms with van der Waals surface area (Å²) in [6.45, 7) is 2.28. The molecule has 106 valence electrons. The molecule has 0 aliphatic carbocycles. The lowest BCUT2D eigenvalue weighted by Gasteiger charge is -2.29. The summed E-state index contributed by atoms with van der Waals surface area (Å²) >= 11 is 0. The van der Waals surface area contributed by atoms with E-state index in [9.17, 15) is 0 Å². The van der Waals surface area contributed by atoms with Gasteiger partial charge in [0.25, 0.3) is 0 Å². The summed E-state index contributed by atoms with van der Waals surface area (Å²) in [7, 11) is 3.43. The zero-order valence-electron chi connectivity index (χ0n) is 12.2. The number of hydrogen-bond acceptors (Lipinski definition) is 3. The number of benzene rings is 1. The van der Waals surface area contributed by atoms with Crippen LogP contribution >= 0.6 is 0 Å². The highest BCUT2D eigenvalue weighted by atomic mass is 16.5. The quantitative estimate of drug-likeness (QED) is 0.885. The van der Waals surface area contributed by atoms with Gasteiger partial charge in [0, 0.05) is 12.1 Å². The van der Waals surface area contributed by atoms with Gasteiger partial charge in [-0.1, -0.05) is 6.42 Å². The van der Waals surface area contributed by atoms with Crippen LogP contribution in [0.15, 0.2) is 18.2 Å². The Bertz CT molecular complexity index is 406. The van der Waals surface area contributed by atoms with E-state index >= 15 is 0 Å². The Labute approximate surface area is 116 Å². The molecule has 0 bridgehead atoms. The van der Waals surface area contributed by atoms with Crippen LogP contribution in [0.2, 0.25) is 0 Å². The maximum atomic E-state index is 5.43. The maximum absolute atomic E-state index is 5.43. The molecule has 19 heavy (non-hydrogen) atoms. The van der Waals surface area contributed by atoms with E-state index in [0.717, 1.165) is 24.3 Å². The third-order valence-corrected chi connectivity index (χ3v) is 3.96. The molecule has 0 amide bonds. The van der Waals surface area contributed by atoms with Crippen molar-refractivity contribution in [2.75, 3.05) is 14.2 Å². The molecule has 0 saturated carbocycles. The lowest BCUT2D eigenvalue weighted by Crippen LogP contribution is -2.40. The molecule has 0 spiro atoms. The van der Waals surface area contributed by atoms with Crippen molar-refractivity contribution in [1.82, 2.24) is 5.32 Å². The van der Waals surface area contributed by atoms with Gasteiger partial charge in [0.15, 0.2) is 0 Å². The monoisotopic (exact) mass is 263 g/mol.